The molecule has 0 aliphatic rings. The van der Waals surface area contributed by atoms with Crippen LogP contribution < -0.4 is 0 Å². The molecule has 0 radical (unpaired) electrons. The van der Waals surface area contributed by atoms with Crippen LogP contribution in [0.15, 0.2) is 47.5 Å². The van der Waals surface area contributed by atoms with Crippen LogP contribution in [0.1, 0.15) is 32.9 Å². The Labute approximate surface area is 145 Å². The van der Waals surface area contributed by atoms with Crippen molar-refractivity contribution in [1.82, 2.24) is 15.2 Å². The molecule has 9 heteroatoms. The fraction of sp³-hybridized carbons (Fsp3) is 0.176. The largest absolute Gasteiger partial charge is 0.472 e. The summed E-state index contributed by atoms with van der Waals surface area (Å²) >= 11 is 0. The summed E-state index contributed by atoms with van der Waals surface area (Å²) < 4.78 is 42.9. The van der Waals surface area contributed by atoms with Gasteiger partial charge in [-0.3, -0.25) is 14.7 Å². The first-order valence-electron chi connectivity index (χ1n) is 7.48. The molecule has 0 saturated heterocycles. The van der Waals surface area contributed by atoms with Gasteiger partial charge in [0, 0.05) is 18.4 Å². The minimum Gasteiger partial charge on any atom is -0.472 e. The number of ketones is 2. The number of hydrogen-bond acceptors (Lipinski definition) is 5. The van der Waals surface area contributed by atoms with Crippen LogP contribution in [0.3, 0.4) is 0 Å². The number of aromatic amines is 1. The van der Waals surface area contributed by atoms with Crippen LogP contribution in [0, 0.1) is 0 Å². The van der Waals surface area contributed by atoms with E-state index in [-0.39, 0.29) is 18.7 Å². The quantitative estimate of drug-likeness (QED) is 0.537. The highest BCUT2D eigenvalue weighted by Crippen LogP contribution is 2.29. The second kappa shape index (κ2) is 6.95. The molecule has 0 fully saturated rings. The summed E-state index contributed by atoms with van der Waals surface area (Å²) in [7, 11) is 0. The average Bonchev–Trinajstić information content (AvgIpc) is 3.26. The van der Waals surface area contributed by atoms with Crippen LogP contribution in [0.5, 0.6) is 0 Å². The third kappa shape index (κ3) is 3.88. The number of rotatable bonds is 6. The Balaban J connectivity index is 1.71. The molecule has 0 aliphatic heterocycles. The predicted molar refractivity (Wildman–Crippen MR) is 82.4 cm³/mol. The van der Waals surface area contributed by atoms with E-state index in [0.717, 1.165) is 12.1 Å². The van der Waals surface area contributed by atoms with E-state index in [1.807, 2.05) is 0 Å². The van der Waals surface area contributed by atoms with Gasteiger partial charge in [0.15, 0.2) is 0 Å². The van der Waals surface area contributed by atoms with Crippen LogP contribution in [0.2, 0.25) is 0 Å². The van der Waals surface area contributed by atoms with Crippen molar-refractivity contribution >= 4 is 11.6 Å². The number of carbonyl (C=O) groups is 2. The van der Waals surface area contributed by atoms with Crippen LogP contribution in [0.4, 0.5) is 13.2 Å². The van der Waals surface area contributed by atoms with E-state index >= 15 is 0 Å². The summed E-state index contributed by atoms with van der Waals surface area (Å²) in [6.45, 7) is 0. The summed E-state index contributed by atoms with van der Waals surface area (Å²) in [6, 6.07) is 4.71. The average molecular weight is 363 g/mol. The number of nitrogens with one attached hydrogen (secondary N) is 1. The molecule has 0 atom stereocenters. The number of benzene rings is 1. The van der Waals surface area contributed by atoms with Crippen LogP contribution in [-0.4, -0.2) is 26.7 Å². The standard InChI is InChI=1S/C17H12F3N3O3/c18-17(19,20)13-3-1-10(2-4-13)5-11-7-26-8-12(11)6-14(24)15(25)16-21-9-22-23-16/h1-4,7-9H,5-6H2,(H,21,22,23). The normalized spacial score (nSPS) is 11.5. The Bertz CT molecular complexity index is 913. The fourth-order valence-electron chi connectivity index (χ4n) is 2.39. The van der Waals surface area contributed by atoms with Crippen molar-refractivity contribution < 1.29 is 27.2 Å². The molecule has 3 rings (SSSR count). The minimum atomic E-state index is -4.40. The van der Waals surface area contributed by atoms with Gasteiger partial charge in [0.25, 0.3) is 5.78 Å². The fourth-order valence-corrected chi connectivity index (χ4v) is 2.39. The monoisotopic (exact) mass is 363 g/mol. The Kier molecular flexibility index (Phi) is 4.70. The first-order chi connectivity index (χ1) is 12.3. The zero-order valence-electron chi connectivity index (χ0n) is 13.2. The molecule has 3 aromatic rings. The van der Waals surface area contributed by atoms with Crippen LogP contribution in [0.25, 0.3) is 0 Å². The third-order valence-electron chi connectivity index (χ3n) is 3.73. The molecule has 2 aromatic heterocycles. The van der Waals surface area contributed by atoms with Gasteiger partial charge in [-0.1, -0.05) is 12.1 Å². The molecule has 26 heavy (non-hydrogen) atoms. The van der Waals surface area contributed by atoms with Gasteiger partial charge < -0.3 is 4.42 Å². The Morgan fingerprint density at radius 3 is 2.38 bits per heavy atom. The highest BCUT2D eigenvalue weighted by atomic mass is 19.4. The molecule has 6 nitrogen and oxygen atoms in total. The van der Waals surface area contributed by atoms with Gasteiger partial charge in [-0.05, 0) is 23.3 Å². The number of halogens is 3. The number of H-pyrrole nitrogens is 1. The topological polar surface area (TPSA) is 88.9 Å². The molecular weight excluding hydrogens is 351 g/mol. The molecular formula is C17H12F3N3O3. The summed E-state index contributed by atoms with van der Waals surface area (Å²) in [4.78, 5) is 27.6. The van der Waals surface area contributed by atoms with Gasteiger partial charge >= 0.3 is 6.18 Å². The van der Waals surface area contributed by atoms with Gasteiger partial charge in [-0.15, -0.1) is 5.10 Å². The van der Waals surface area contributed by atoms with Gasteiger partial charge in [0.1, 0.15) is 6.33 Å². The number of hydrogen-bond donors (Lipinski definition) is 1. The zero-order chi connectivity index (χ0) is 18.7. The van der Waals surface area contributed by atoms with E-state index < -0.39 is 23.3 Å². The van der Waals surface area contributed by atoms with E-state index in [9.17, 15) is 22.8 Å². The van der Waals surface area contributed by atoms with E-state index in [1.165, 1.54) is 31.0 Å². The second-order valence-electron chi connectivity index (χ2n) is 5.55. The first-order valence-corrected chi connectivity index (χ1v) is 7.48. The Hall–Kier alpha value is -3.23. The number of Topliss-reactive ketones (excluding diaryl/α,β-unsaturated/α-hetero) is 2. The van der Waals surface area contributed by atoms with Gasteiger partial charge in [0.2, 0.25) is 11.6 Å². The van der Waals surface area contributed by atoms with Gasteiger partial charge in [-0.25, -0.2) is 4.98 Å². The zero-order valence-corrected chi connectivity index (χ0v) is 13.2. The van der Waals surface area contributed by atoms with Gasteiger partial charge in [-0.2, -0.15) is 13.2 Å². The number of carbonyl (C=O) groups excluding carboxylic acids is 2. The van der Waals surface area contributed by atoms with Crippen molar-refractivity contribution in [2.24, 2.45) is 0 Å². The van der Waals surface area contributed by atoms with E-state index in [1.54, 1.807) is 0 Å². The summed E-state index contributed by atoms with van der Waals surface area (Å²) in [6.07, 6.45) is -0.410. The molecule has 134 valence electrons. The van der Waals surface area contributed by atoms with E-state index in [4.69, 9.17) is 4.42 Å². The molecule has 1 N–H and O–H groups in total. The summed E-state index contributed by atoms with van der Waals surface area (Å²) in [5.41, 5.74) is 0.981. The maximum atomic E-state index is 12.6. The lowest BCUT2D eigenvalue weighted by molar-refractivity contribution is -0.137. The number of aromatic nitrogens is 3. The van der Waals surface area contributed by atoms with Crippen molar-refractivity contribution in [2.75, 3.05) is 0 Å². The summed E-state index contributed by atoms with van der Waals surface area (Å²) in [5, 5.41) is 5.91. The number of alkyl halides is 3. The highest BCUT2D eigenvalue weighted by Gasteiger charge is 2.30. The maximum Gasteiger partial charge on any atom is 0.416 e. The first kappa shape index (κ1) is 17.6. The van der Waals surface area contributed by atoms with E-state index in [0.29, 0.717) is 16.7 Å². The van der Waals surface area contributed by atoms with Crippen molar-refractivity contribution in [3.63, 3.8) is 0 Å². The molecule has 0 spiro atoms. The molecule has 2 heterocycles. The number of nitrogens with zero attached hydrogens (tertiary/aromatic N) is 2. The Morgan fingerprint density at radius 2 is 1.77 bits per heavy atom. The van der Waals surface area contributed by atoms with E-state index in [2.05, 4.69) is 15.2 Å². The lowest BCUT2D eigenvalue weighted by Crippen LogP contribution is -2.18. The number of furan rings is 1. The SMILES string of the molecule is O=C(Cc1cocc1Cc1ccc(C(F)(F)F)cc1)C(=O)c1nc[nH]n1. The van der Waals surface area contributed by atoms with Crippen molar-refractivity contribution in [3.05, 3.63) is 71.2 Å². The maximum absolute atomic E-state index is 12.6. The van der Waals surface area contributed by atoms with Crippen molar-refractivity contribution in [2.45, 2.75) is 19.0 Å². The molecule has 0 aliphatic carbocycles. The second-order valence-corrected chi connectivity index (χ2v) is 5.55. The summed E-state index contributed by atoms with van der Waals surface area (Å²) in [5.74, 6) is -1.75. The van der Waals surface area contributed by atoms with Crippen LogP contribution >= 0.6 is 0 Å². The molecule has 0 unspecified atom stereocenters. The lowest BCUT2D eigenvalue weighted by Gasteiger charge is -2.07. The molecule has 1 aromatic carbocycles. The Morgan fingerprint density at radius 1 is 1.08 bits per heavy atom. The van der Waals surface area contributed by atoms with Gasteiger partial charge in [0.05, 0.1) is 18.1 Å². The molecule has 0 saturated carbocycles. The lowest BCUT2D eigenvalue weighted by atomic mass is 9.99. The third-order valence-corrected chi connectivity index (χ3v) is 3.73. The van der Waals surface area contributed by atoms with Crippen LogP contribution in [-0.2, 0) is 23.8 Å². The van der Waals surface area contributed by atoms with Crippen molar-refractivity contribution in [3.8, 4) is 0 Å². The molecule has 0 bridgehead atoms. The highest BCUT2D eigenvalue weighted by molar-refractivity contribution is 6.43. The molecule has 0 amide bonds. The smallest absolute Gasteiger partial charge is 0.416 e. The minimum absolute atomic E-state index is 0.208. The predicted octanol–water partition coefficient (Wildman–Crippen LogP) is 3.00. The van der Waals surface area contributed by atoms with Crippen molar-refractivity contribution in [1.29, 1.82) is 0 Å².